The maximum atomic E-state index is 13.1. The van der Waals surface area contributed by atoms with E-state index in [4.69, 9.17) is 9.47 Å². The maximum Gasteiger partial charge on any atom is 0.341 e. The molecule has 8 nitrogen and oxygen atoms in total. The largest absolute Gasteiger partial charge is 0.481 e. The summed E-state index contributed by atoms with van der Waals surface area (Å²) in [4.78, 5) is 39.5. The van der Waals surface area contributed by atoms with E-state index in [9.17, 15) is 14.4 Å². The minimum absolute atomic E-state index is 0.0643. The van der Waals surface area contributed by atoms with Crippen LogP contribution in [-0.4, -0.2) is 36.7 Å². The summed E-state index contributed by atoms with van der Waals surface area (Å²) in [5.41, 5.74) is 6.52. The number of ether oxygens (including phenoxy) is 2. The molecule has 1 aliphatic carbocycles. The summed E-state index contributed by atoms with van der Waals surface area (Å²) in [6, 6.07) is 14.5. The number of fused-ring (bicyclic) bond motifs is 1. The van der Waals surface area contributed by atoms with Crippen molar-refractivity contribution in [3.8, 4) is 5.75 Å². The summed E-state index contributed by atoms with van der Waals surface area (Å²) >= 11 is 1.45. The molecule has 0 aliphatic heterocycles. The predicted molar refractivity (Wildman–Crippen MR) is 167 cm³/mol. The Hall–Kier alpha value is -3.98. The lowest BCUT2D eigenvalue weighted by Gasteiger charge is -2.18. The second kappa shape index (κ2) is 13.3. The molecule has 0 unspecified atom stereocenters. The van der Waals surface area contributed by atoms with Gasteiger partial charge in [0.1, 0.15) is 10.8 Å². The maximum absolute atomic E-state index is 13.1. The Morgan fingerprint density at radius 2 is 1.79 bits per heavy atom. The van der Waals surface area contributed by atoms with E-state index in [0.29, 0.717) is 27.8 Å². The number of benzene rings is 2. The fraction of sp³-hybridized carbons (Fsp3) is 0.394. The van der Waals surface area contributed by atoms with Gasteiger partial charge in [0.15, 0.2) is 6.10 Å². The third-order valence-electron chi connectivity index (χ3n) is 7.18. The third kappa shape index (κ3) is 7.64. The molecule has 0 bridgehead atoms. The number of carbonyl (C=O) groups excluding carboxylic acids is 3. The Morgan fingerprint density at radius 3 is 2.43 bits per heavy atom. The molecule has 4 rings (SSSR count). The topological polar surface area (TPSA) is 106 Å². The number of carbonyl (C=O) groups is 3. The minimum atomic E-state index is -0.808. The quantitative estimate of drug-likeness (QED) is 0.168. The molecule has 1 aromatic heterocycles. The fourth-order valence-corrected chi connectivity index (χ4v) is 6.10. The van der Waals surface area contributed by atoms with Gasteiger partial charge in [-0.15, -0.1) is 11.3 Å². The highest BCUT2D eigenvalue weighted by atomic mass is 32.1. The standard InChI is InChI=1S/C33H39N3O5S/c1-7-40-32(39)28-26-17-8-20(2)18-27(26)42-31(28)35-30(38)23-11-15-25(16-12-23)41-21(3)29(37)36-34-19-22-9-13-24(14-10-22)33(4,5)6/h9-16,19-21H,7-8,17-18H2,1-6H3,(H,35,38)(H,36,37)/b34-19-/t20-,21+/m0/s1. The van der Waals surface area contributed by atoms with E-state index < -0.39 is 18.0 Å². The van der Waals surface area contributed by atoms with Gasteiger partial charge in [-0.2, -0.15) is 5.10 Å². The number of amides is 2. The van der Waals surface area contributed by atoms with Crippen molar-refractivity contribution in [3.63, 3.8) is 0 Å². The zero-order valence-corrected chi connectivity index (χ0v) is 25.9. The van der Waals surface area contributed by atoms with Crippen molar-refractivity contribution >= 4 is 40.3 Å². The van der Waals surface area contributed by atoms with E-state index in [-0.39, 0.29) is 17.9 Å². The van der Waals surface area contributed by atoms with Crippen molar-refractivity contribution in [2.24, 2.45) is 11.0 Å². The van der Waals surface area contributed by atoms with Gasteiger partial charge in [0.05, 0.1) is 18.4 Å². The SMILES string of the molecule is CCOC(=O)c1c(NC(=O)c2ccc(O[C@H](C)C(=O)N/N=C\c3ccc(C(C)(C)C)cc3)cc2)sc2c1CC[C@H](C)C2. The molecular weight excluding hydrogens is 550 g/mol. The molecule has 2 N–H and O–H groups in total. The van der Waals surface area contributed by atoms with Crippen LogP contribution < -0.4 is 15.5 Å². The van der Waals surface area contributed by atoms with Crippen LogP contribution >= 0.6 is 11.3 Å². The first-order chi connectivity index (χ1) is 20.0. The Balaban J connectivity index is 1.34. The molecule has 9 heteroatoms. The van der Waals surface area contributed by atoms with Crippen LogP contribution in [0.1, 0.15) is 90.2 Å². The third-order valence-corrected chi connectivity index (χ3v) is 8.35. The zero-order valence-electron chi connectivity index (χ0n) is 25.1. The number of rotatable bonds is 9. The summed E-state index contributed by atoms with van der Waals surface area (Å²) < 4.78 is 11.1. The van der Waals surface area contributed by atoms with Gasteiger partial charge in [0.2, 0.25) is 0 Å². The zero-order chi connectivity index (χ0) is 30.4. The van der Waals surface area contributed by atoms with Gasteiger partial charge in [0.25, 0.3) is 11.8 Å². The van der Waals surface area contributed by atoms with E-state index in [1.165, 1.54) is 16.9 Å². The number of nitrogens with zero attached hydrogens (tertiary/aromatic N) is 1. The highest BCUT2D eigenvalue weighted by Crippen LogP contribution is 2.40. The van der Waals surface area contributed by atoms with Gasteiger partial charge in [-0.05, 0) is 85.4 Å². The van der Waals surface area contributed by atoms with Gasteiger partial charge < -0.3 is 14.8 Å². The van der Waals surface area contributed by atoms with Crippen LogP contribution in [0.15, 0.2) is 53.6 Å². The summed E-state index contributed by atoms with van der Waals surface area (Å²) in [6.45, 7) is 12.3. The van der Waals surface area contributed by atoms with Crippen LogP contribution in [0, 0.1) is 5.92 Å². The van der Waals surface area contributed by atoms with Crippen LogP contribution in [0.2, 0.25) is 0 Å². The molecule has 42 heavy (non-hydrogen) atoms. The smallest absolute Gasteiger partial charge is 0.341 e. The first-order valence-corrected chi connectivity index (χ1v) is 15.1. The molecule has 0 saturated carbocycles. The molecule has 3 aromatic rings. The summed E-state index contributed by atoms with van der Waals surface area (Å²) in [5, 5.41) is 7.49. The lowest BCUT2D eigenvalue weighted by atomic mass is 9.87. The van der Waals surface area contributed by atoms with E-state index in [2.05, 4.69) is 43.5 Å². The number of nitrogens with one attached hydrogen (secondary N) is 2. The predicted octanol–water partition coefficient (Wildman–Crippen LogP) is 6.52. The fourth-order valence-electron chi connectivity index (χ4n) is 4.71. The van der Waals surface area contributed by atoms with Crippen molar-refractivity contribution in [1.29, 1.82) is 0 Å². The first-order valence-electron chi connectivity index (χ1n) is 14.3. The lowest BCUT2D eigenvalue weighted by Crippen LogP contribution is -2.33. The monoisotopic (exact) mass is 589 g/mol. The minimum Gasteiger partial charge on any atom is -0.481 e. The molecule has 222 valence electrons. The normalized spacial score (nSPS) is 15.5. The van der Waals surface area contributed by atoms with Gasteiger partial charge >= 0.3 is 5.97 Å². The van der Waals surface area contributed by atoms with Crippen LogP contribution in [0.4, 0.5) is 5.00 Å². The van der Waals surface area contributed by atoms with Gasteiger partial charge in [-0.25, -0.2) is 10.2 Å². The average Bonchev–Trinajstić information content (AvgIpc) is 3.30. The number of hydrogen-bond acceptors (Lipinski definition) is 7. The van der Waals surface area contributed by atoms with Gasteiger partial charge in [0, 0.05) is 10.4 Å². The number of anilines is 1. The van der Waals surface area contributed by atoms with Crippen LogP contribution in [-0.2, 0) is 27.8 Å². The summed E-state index contributed by atoms with van der Waals surface area (Å²) in [6.07, 6.45) is 3.46. The van der Waals surface area contributed by atoms with E-state index in [1.54, 1.807) is 44.3 Å². The Morgan fingerprint density at radius 1 is 1.10 bits per heavy atom. The number of esters is 1. The van der Waals surface area contributed by atoms with Gasteiger partial charge in [-0.1, -0.05) is 52.0 Å². The Bertz CT molecular complexity index is 1450. The molecule has 1 aliphatic rings. The van der Waals surface area contributed by atoms with Crippen LogP contribution in [0.5, 0.6) is 5.75 Å². The lowest BCUT2D eigenvalue weighted by molar-refractivity contribution is -0.127. The molecule has 0 spiro atoms. The van der Waals surface area contributed by atoms with E-state index in [1.807, 2.05) is 24.3 Å². The number of hydrazone groups is 1. The second-order valence-electron chi connectivity index (χ2n) is 11.6. The highest BCUT2D eigenvalue weighted by Gasteiger charge is 2.29. The Labute approximate surface area is 251 Å². The molecular formula is C33H39N3O5S. The van der Waals surface area contributed by atoms with Crippen molar-refractivity contribution < 1.29 is 23.9 Å². The number of hydrogen-bond donors (Lipinski definition) is 2. The highest BCUT2D eigenvalue weighted by molar-refractivity contribution is 7.17. The second-order valence-corrected chi connectivity index (χ2v) is 12.7. The molecule has 1 heterocycles. The first kappa shape index (κ1) is 31.0. The van der Waals surface area contributed by atoms with Crippen molar-refractivity contribution in [2.75, 3.05) is 11.9 Å². The van der Waals surface area contributed by atoms with Crippen LogP contribution in [0.25, 0.3) is 0 Å². The average molecular weight is 590 g/mol. The Kier molecular flexibility index (Phi) is 9.83. The molecule has 0 radical (unpaired) electrons. The molecule has 2 amide bonds. The summed E-state index contributed by atoms with van der Waals surface area (Å²) in [5.74, 6) is -0.178. The molecule has 2 atom stereocenters. The van der Waals surface area contributed by atoms with E-state index >= 15 is 0 Å². The number of thiophene rings is 1. The molecule has 0 fully saturated rings. The van der Waals surface area contributed by atoms with E-state index in [0.717, 1.165) is 35.3 Å². The van der Waals surface area contributed by atoms with Gasteiger partial charge in [-0.3, -0.25) is 9.59 Å². The van der Waals surface area contributed by atoms with Crippen molar-refractivity contribution in [3.05, 3.63) is 81.2 Å². The molecule has 2 aromatic carbocycles. The van der Waals surface area contributed by atoms with Crippen LogP contribution in [0.3, 0.4) is 0 Å². The van der Waals surface area contributed by atoms with Crippen molar-refractivity contribution in [1.82, 2.24) is 5.43 Å². The van der Waals surface area contributed by atoms with Crippen molar-refractivity contribution in [2.45, 2.75) is 72.3 Å². The molecule has 0 saturated heterocycles. The summed E-state index contributed by atoms with van der Waals surface area (Å²) in [7, 11) is 0.